The van der Waals surface area contributed by atoms with Crippen molar-refractivity contribution in [2.45, 2.75) is 19.5 Å². The summed E-state index contributed by atoms with van der Waals surface area (Å²) < 4.78 is 38.8. The number of hydrogen-bond donors (Lipinski definition) is 0. The smallest absolute Gasteiger partial charge is 0.166 e. The van der Waals surface area contributed by atoms with Gasteiger partial charge in [0, 0.05) is 0 Å². The van der Waals surface area contributed by atoms with Gasteiger partial charge in [0.1, 0.15) is 0 Å². The van der Waals surface area contributed by atoms with Crippen LogP contribution < -0.4 is 0 Å². The van der Waals surface area contributed by atoms with E-state index in [9.17, 15) is 13.2 Å². The minimum absolute atomic E-state index is 0.335. The first-order valence-electron chi connectivity index (χ1n) is 5.78. The zero-order valence-corrected chi connectivity index (χ0v) is 9.96. The Kier molecular flexibility index (Phi) is 3.41. The van der Waals surface area contributed by atoms with Gasteiger partial charge in [-0.2, -0.15) is 13.2 Å². The fourth-order valence-corrected chi connectivity index (χ4v) is 1.96. The lowest BCUT2D eigenvalue weighted by Gasteiger charge is -2.13. The van der Waals surface area contributed by atoms with Gasteiger partial charge in [-0.15, -0.1) is 0 Å². The van der Waals surface area contributed by atoms with Gasteiger partial charge in [-0.25, -0.2) is 0 Å². The Morgan fingerprint density at radius 3 is 2.11 bits per heavy atom. The molecule has 0 radical (unpaired) electrons. The van der Waals surface area contributed by atoms with Crippen molar-refractivity contribution < 1.29 is 13.2 Å². The van der Waals surface area contributed by atoms with Crippen LogP contribution in [-0.4, -0.2) is 0 Å². The van der Waals surface area contributed by atoms with Crippen molar-refractivity contribution in [3.63, 3.8) is 0 Å². The molecule has 0 spiro atoms. The van der Waals surface area contributed by atoms with E-state index in [1.165, 1.54) is 6.07 Å². The lowest BCUT2D eigenvalue weighted by atomic mass is 9.97. The molecule has 0 unspecified atom stereocenters. The summed E-state index contributed by atoms with van der Waals surface area (Å²) in [7, 11) is 0. The molecule has 3 heteroatoms. The van der Waals surface area contributed by atoms with E-state index in [0.717, 1.165) is 5.56 Å². The molecule has 0 N–H and O–H groups in total. The molecule has 0 fully saturated rings. The highest BCUT2D eigenvalue weighted by Gasteiger charge is 2.33. The van der Waals surface area contributed by atoms with Gasteiger partial charge in [0.25, 0.3) is 0 Å². The molecule has 0 heterocycles. The molecule has 0 aromatic heterocycles. The van der Waals surface area contributed by atoms with Crippen molar-refractivity contribution in [2.24, 2.45) is 0 Å². The van der Waals surface area contributed by atoms with Gasteiger partial charge in [0.05, 0.1) is 5.56 Å². The van der Waals surface area contributed by atoms with E-state index in [0.29, 0.717) is 17.5 Å². The summed E-state index contributed by atoms with van der Waals surface area (Å²) in [5.41, 5.74) is 1.19. The third-order valence-electron chi connectivity index (χ3n) is 2.90. The number of hydrogen-bond acceptors (Lipinski definition) is 0. The van der Waals surface area contributed by atoms with Crippen molar-refractivity contribution in [1.82, 2.24) is 0 Å². The monoisotopic (exact) mass is 250 g/mol. The summed E-state index contributed by atoms with van der Waals surface area (Å²) in [5, 5.41) is 0. The summed E-state index contributed by atoms with van der Waals surface area (Å²) in [6.45, 7) is 1.73. The van der Waals surface area contributed by atoms with Crippen LogP contribution in [-0.2, 0) is 12.6 Å². The zero-order valence-electron chi connectivity index (χ0n) is 9.96. The first-order chi connectivity index (χ1) is 8.52. The molecule has 2 aromatic carbocycles. The van der Waals surface area contributed by atoms with Gasteiger partial charge in [-0.1, -0.05) is 49.4 Å². The van der Waals surface area contributed by atoms with Crippen LogP contribution in [0.15, 0.2) is 48.5 Å². The number of aryl methyl sites for hydroxylation is 1. The van der Waals surface area contributed by atoms with E-state index in [4.69, 9.17) is 0 Å². The van der Waals surface area contributed by atoms with Crippen LogP contribution in [0.1, 0.15) is 18.1 Å². The third kappa shape index (κ3) is 2.55. The quantitative estimate of drug-likeness (QED) is 0.708. The molecule has 0 aliphatic heterocycles. The van der Waals surface area contributed by atoms with E-state index >= 15 is 0 Å². The van der Waals surface area contributed by atoms with E-state index in [1.54, 1.807) is 31.2 Å². The Labute approximate surface area is 104 Å². The van der Waals surface area contributed by atoms with Crippen LogP contribution in [0.5, 0.6) is 0 Å². The van der Waals surface area contributed by atoms with Crippen LogP contribution >= 0.6 is 0 Å². The maximum Gasteiger partial charge on any atom is 0.416 e. The second-order valence-corrected chi connectivity index (χ2v) is 4.09. The van der Waals surface area contributed by atoms with Crippen molar-refractivity contribution in [3.05, 3.63) is 59.7 Å². The van der Waals surface area contributed by atoms with Crippen LogP contribution in [0.3, 0.4) is 0 Å². The first kappa shape index (κ1) is 12.7. The molecule has 0 saturated heterocycles. The fraction of sp³-hybridized carbons (Fsp3) is 0.200. The van der Waals surface area contributed by atoms with E-state index in [1.807, 2.05) is 18.2 Å². The third-order valence-corrected chi connectivity index (χ3v) is 2.90. The molecule has 0 amide bonds. The highest BCUT2D eigenvalue weighted by atomic mass is 19.4. The molecule has 0 nitrogen and oxygen atoms in total. The SMILES string of the molecule is CCc1ccc(-c2ccccc2)cc1C(F)(F)F. The molecule has 18 heavy (non-hydrogen) atoms. The molecular weight excluding hydrogens is 237 g/mol. The molecule has 0 atom stereocenters. The topological polar surface area (TPSA) is 0 Å². The zero-order chi connectivity index (χ0) is 13.2. The molecule has 0 bridgehead atoms. The van der Waals surface area contributed by atoms with Gasteiger partial charge in [0.15, 0.2) is 0 Å². The van der Waals surface area contributed by atoms with Gasteiger partial charge < -0.3 is 0 Å². The standard InChI is InChI=1S/C15H13F3/c1-2-11-8-9-13(10-14(11)15(16,17)18)12-6-4-3-5-7-12/h3-10H,2H2,1H3. The van der Waals surface area contributed by atoms with Crippen molar-refractivity contribution in [2.75, 3.05) is 0 Å². The molecule has 2 aromatic rings. The van der Waals surface area contributed by atoms with Gasteiger partial charge in [0.2, 0.25) is 0 Å². The molecular formula is C15H13F3. The highest BCUT2D eigenvalue weighted by molar-refractivity contribution is 5.65. The van der Waals surface area contributed by atoms with Crippen LogP contribution in [0.2, 0.25) is 0 Å². The Morgan fingerprint density at radius 2 is 1.56 bits per heavy atom. The van der Waals surface area contributed by atoms with E-state index in [2.05, 4.69) is 0 Å². The van der Waals surface area contributed by atoms with Crippen LogP contribution in [0.4, 0.5) is 13.2 Å². The Bertz CT molecular complexity index is 527. The minimum atomic E-state index is -4.30. The second-order valence-electron chi connectivity index (χ2n) is 4.09. The second kappa shape index (κ2) is 4.84. The maximum atomic E-state index is 12.9. The average molecular weight is 250 g/mol. The first-order valence-corrected chi connectivity index (χ1v) is 5.78. The Balaban J connectivity index is 2.53. The van der Waals surface area contributed by atoms with Crippen LogP contribution in [0.25, 0.3) is 11.1 Å². The Morgan fingerprint density at radius 1 is 0.889 bits per heavy atom. The molecule has 94 valence electrons. The Hall–Kier alpha value is -1.77. The minimum Gasteiger partial charge on any atom is -0.166 e. The summed E-state index contributed by atoms with van der Waals surface area (Å²) in [6.07, 6.45) is -3.92. The molecule has 0 aliphatic rings. The van der Waals surface area contributed by atoms with Gasteiger partial charge >= 0.3 is 6.18 Å². The van der Waals surface area contributed by atoms with E-state index < -0.39 is 11.7 Å². The predicted octanol–water partition coefficient (Wildman–Crippen LogP) is 4.93. The van der Waals surface area contributed by atoms with Crippen LogP contribution in [0, 0.1) is 0 Å². The summed E-state index contributed by atoms with van der Waals surface area (Å²) in [6, 6.07) is 13.6. The highest BCUT2D eigenvalue weighted by Crippen LogP contribution is 2.35. The van der Waals surface area contributed by atoms with E-state index in [-0.39, 0.29) is 0 Å². The number of halogens is 3. The van der Waals surface area contributed by atoms with Crippen molar-refractivity contribution in [3.8, 4) is 11.1 Å². The molecule has 0 aliphatic carbocycles. The summed E-state index contributed by atoms with van der Waals surface area (Å²) in [5.74, 6) is 0. The molecule has 0 saturated carbocycles. The lowest BCUT2D eigenvalue weighted by molar-refractivity contribution is -0.138. The normalized spacial score (nSPS) is 11.6. The summed E-state index contributed by atoms with van der Waals surface area (Å²) >= 11 is 0. The predicted molar refractivity (Wildman–Crippen MR) is 66.3 cm³/mol. The van der Waals surface area contributed by atoms with Gasteiger partial charge in [-0.3, -0.25) is 0 Å². The van der Waals surface area contributed by atoms with Crippen molar-refractivity contribution in [1.29, 1.82) is 0 Å². The maximum absolute atomic E-state index is 12.9. The van der Waals surface area contributed by atoms with Gasteiger partial charge in [-0.05, 0) is 29.2 Å². The number of rotatable bonds is 2. The lowest BCUT2D eigenvalue weighted by Crippen LogP contribution is -2.09. The fourth-order valence-electron chi connectivity index (χ4n) is 1.96. The average Bonchev–Trinajstić information content (AvgIpc) is 2.38. The number of benzene rings is 2. The largest absolute Gasteiger partial charge is 0.416 e. The summed E-state index contributed by atoms with van der Waals surface area (Å²) in [4.78, 5) is 0. The number of alkyl halides is 3. The molecule has 2 rings (SSSR count). The van der Waals surface area contributed by atoms with Crippen molar-refractivity contribution >= 4 is 0 Å².